The van der Waals surface area contributed by atoms with Crippen molar-refractivity contribution in [2.24, 2.45) is 0 Å². The Bertz CT molecular complexity index is 295. The van der Waals surface area contributed by atoms with Crippen LogP contribution in [0.5, 0.6) is 0 Å². The van der Waals surface area contributed by atoms with Gasteiger partial charge in [-0.25, -0.2) is 0 Å². The van der Waals surface area contributed by atoms with Crippen LogP contribution in [0.1, 0.15) is 11.1 Å². The predicted octanol–water partition coefficient (Wildman–Crippen LogP) is 2.62. The summed E-state index contributed by atoms with van der Waals surface area (Å²) in [7, 11) is 2.37. The van der Waals surface area contributed by atoms with Crippen LogP contribution in [-0.4, -0.2) is 34.6 Å². The molecule has 0 aromatic heterocycles. The second kappa shape index (κ2) is 6.70. The number of hydrogen-bond acceptors (Lipinski definition) is 3. The van der Waals surface area contributed by atoms with E-state index in [1.165, 1.54) is 5.56 Å². The molecule has 1 unspecified atom stereocenters. The summed E-state index contributed by atoms with van der Waals surface area (Å²) in [6, 6.07) is 10.2. The number of hydrogen-bond donors (Lipinski definition) is 0. The Kier molecular flexibility index (Phi) is 5.91. The molecule has 0 fully saturated rings. The van der Waals surface area contributed by atoms with E-state index >= 15 is 0 Å². The SMILES string of the molecule is CO[Si](OC)(OC)C(CI)c1ccccc1. The highest BCUT2D eigenvalue weighted by molar-refractivity contribution is 14.1. The third kappa shape index (κ3) is 2.83. The Morgan fingerprint density at radius 1 is 1.06 bits per heavy atom. The monoisotopic (exact) mass is 352 g/mol. The average Bonchev–Trinajstić information content (AvgIpc) is 2.37. The Balaban J connectivity index is 3.05. The third-order valence-corrected chi connectivity index (χ3v) is 7.45. The largest absolute Gasteiger partial charge is 0.508 e. The molecule has 1 rings (SSSR count). The maximum absolute atomic E-state index is 5.53. The fraction of sp³-hybridized carbons (Fsp3) is 0.455. The molecule has 0 saturated heterocycles. The molecule has 0 aliphatic rings. The maximum Gasteiger partial charge on any atom is 0.508 e. The van der Waals surface area contributed by atoms with E-state index in [1.54, 1.807) is 21.3 Å². The second-order valence-electron chi connectivity index (χ2n) is 3.33. The van der Waals surface area contributed by atoms with Crippen molar-refractivity contribution in [3.8, 4) is 0 Å². The van der Waals surface area contributed by atoms with Crippen molar-refractivity contribution in [1.29, 1.82) is 0 Å². The Morgan fingerprint density at radius 2 is 1.56 bits per heavy atom. The van der Waals surface area contributed by atoms with Gasteiger partial charge < -0.3 is 13.3 Å². The highest BCUT2D eigenvalue weighted by atomic mass is 127. The first-order valence-corrected chi connectivity index (χ1v) is 8.33. The molecule has 0 heterocycles. The minimum absolute atomic E-state index is 0.175. The Labute approximate surface area is 112 Å². The van der Waals surface area contributed by atoms with Gasteiger partial charge in [-0.3, -0.25) is 0 Å². The maximum atomic E-state index is 5.53. The highest BCUT2D eigenvalue weighted by Gasteiger charge is 2.47. The minimum atomic E-state index is -2.60. The summed E-state index contributed by atoms with van der Waals surface area (Å²) in [5.41, 5.74) is 1.38. The molecule has 90 valence electrons. The molecule has 0 radical (unpaired) electrons. The standard InChI is InChI=1S/C11H17IO3Si/c1-13-16(14-2,15-3)11(9-12)10-7-5-4-6-8-10/h4-8,11H,9H2,1-3H3. The van der Waals surface area contributed by atoms with Gasteiger partial charge in [0.1, 0.15) is 0 Å². The van der Waals surface area contributed by atoms with Crippen molar-refractivity contribution in [3.63, 3.8) is 0 Å². The topological polar surface area (TPSA) is 27.7 Å². The van der Waals surface area contributed by atoms with Gasteiger partial charge in [0.25, 0.3) is 0 Å². The lowest BCUT2D eigenvalue weighted by atomic mass is 10.2. The summed E-state index contributed by atoms with van der Waals surface area (Å²) < 4.78 is 17.5. The van der Waals surface area contributed by atoms with Crippen LogP contribution in [0.3, 0.4) is 0 Å². The van der Waals surface area contributed by atoms with E-state index in [-0.39, 0.29) is 5.54 Å². The van der Waals surface area contributed by atoms with Gasteiger partial charge in [-0.1, -0.05) is 52.9 Å². The zero-order valence-electron chi connectivity index (χ0n) is 9.77. The van der Waals surface area contributed by atoms with Crippen molar-refractivity contribution in [2.75, 3.05) is 25.8 Å². The van der Waals surface area contributed by atoms with E-state index in [9.17, 15) is 0 Å². The zero-order valence-corrected chi connectivity index (χ0v) is 12.9. The van der Waals surface area contributed by atoms with Gasteiger partial charge in [0.15, 0.2) is 0 Å². The minimum Gasteiger partial charge on any atom is -0.376 e. The molecule has 5 heteroatoms. The molecular formula is C11H17IO3Si. The van der Waals surface area contributed by atoms with Gasteiger partial charge in [-0.2, -0.15) is 0 Å². The molecule has 1 aromatic carbocycles. The number of rotatable bonds is 6. The van der Waals surface area contributed by atoms with Gasteiger partial charge in [0.2, 0.25) is 0 Å². The molecule has 0 aliphatic carbocycles. The van der Waals surface area contributed by atoms with Crippen molar-refractivity contribution in [1.82, 2.24) is 0 Å². The molecule has 0 saturated carbocycles. The third-order valence-electron chi connectivity index (χ3n) is 2.64. The lowest BCUT2D eigenvalue weighted by molar-refractivity contribution is 0.115. The first kappa shape index (κ1) is 14.1. The van der Waals surface area contributed by atoms with E-state index in [0.29, 0.717) is 0 Å². The molecule has 0 bridgehead atoms. The summed E-state index contributed by atoms with van der Waals surface area (Å²) in [5, 5.41) is 0. The fourth-order valence-electron chi connectivity index (χ4n) is 1.75. The first-order chi connectivity index (χ1) is 7.74. The second-order valence-corrected chi connectivity index (χ2v) is 7.34. The average molecular weight is 352 g/mol. The summed E-state index contributed by atoms with van der Waals surface area (Å²) in [4.78, 5) is 0. The lowest BCUT2D eigenvalue weighted by Crippen LogP contribution is -2.50. The van der Waals surface area contributed by atoms with Crippen LogP contribution in [0.25, 0.3) is 0 Å². The summed E-state index contributed by atoms with van der Waals surface area (Å²) in [6.45, 7) is 0. The Morgan fingerprint density at radius 3 is 1.94 bits per heavy atom. The normalized spacial score (nSPS) is 13.8. The van der Waals surface area contributed by atoms with Crippen LogP contribution in [0.4, 0.5) is 0 Å². The summed E-state index contributed by atoms with van der Waals surface area (Å²) in [6.07, 6.45) is 0. The molecular weight excluding hydrogens is 335 g/mol. The van der Waals surface area contributed by atoms with Crippen LogP contribution in [0.15, 0.2) is 30.3 Å². The van der Waals surface area contributed by atoms with Crippen LogP contribution >= 0.6 is 22.6 Å². The summed E-state index contributed by atoms with van der Waals surface area (Å²) >= 11 is 2.34. The van der Waals surface area contributed by atoms with E-state index in [0.717, 1.165) is 4.43 Å². The molecule has 0 amide bonds. The molecule has 16 heavy (non-hydrogen) atoms. The smallest absolute Gasteiger partial charge is 0.376 e. The van der Waals surface area contributed by atoms with Crippen LogP contribution in [0, 0.1) is 0 Å². The molecule has 1 atom stereocenters. The van der Waals surface area contributed by atoms with Crippen molar-refractivity contribution >= 4 is 31.4 Å². The van der Waals surface area contributed by atoms with Gasteiger partial charge in [0, 0.05) is 25.8 Å². The number of benzene rings is 1. The van der Waals surface area contributed by atoms with Gasteiger partial charge in [-0.05, 0) is 5.56 Å². The van der Waals surface area contributed by atoms with E-state index in [4.69, 9.17) is 13.3 Å². The van der Waals surface area contributed by atoms with Crippen LogP contribution < -0.4 is 0 Å². The molecule has 0 aliphatic heterocycles. The van der Waals surface area contributed by atoms with E-state index in [1.807, 2.05) is 18.2 Å². The zero-order chi connectivity index (χ0) is 12.0. The van der Waals surface area contributed by atoms with Crippen LogP contribution in [-0.2, 0) is 13.3 Å². The van der Waals surface area contributed by atoms with Gasteiger partial charge in [-0.15, -0.1) is 0 Å². The van der Waals surface area contributed by atoms with Crippen molar-refractivity contribution in [3.05, 3.63) is 35.9 Å². The quantitative estimate of drug-likeness (QED) is 0.448. The van der Waals surface area contributed by atoms with E-state index < -0.39 is 8.80 Å². The predicted molar refractivity (Wildman–Crippen MR) is 74.9 cm³/mol. The lowest BCUT2D eigenvalue weighted by Gasteiger charge is -2.31. The number of alkyl halides is 1. The first-order valence-electron chi connectivity index (χ1n) is 5.00. The van der Waals surface area contributed by atoms with Crippen molar-refractivity contribution in [2.45, 2.75) is 5.54 Å². The van der Waals surface area contributed by atoms with Gasteiger partial charge >= 0.3 is 8.80 Å². The molecule has 3 nitrogen and oxygen atoms in total. The molecule has 0 N–H and O–H groups in total. The number of halogens is 1. The molecule has 1 aromatic rings. The molecule has 0 spiro atoms. The highest BCUT2D eigenvalue weighted by Crippen LogP contribution is 2.30. The van der Waals surface area contributed by atoms with Gasteiger partial charge in [0.05, 0.1) is 5.54 Å². The van der Waals surface area contributed by atoms with Crippen LogP contribution in [0.2, 0.25) is 0 Å². The summed E-state index contributed by atoms with van der Waals surface area (Å²) in [5.74, 6) is 0. The Hall–Kier alpha value is 0.0469. The van der Waals surface area contributed by atoms with E-state index in [2.05, 4.69) is 34.7 Å². The fourth-order valence-corrected chi connectivity index (χ4v) is 6.02. The van der Waals surface area contributed by atoms with Crippen molar-refractivity contribution < 1.29 is 13.3 Å².